The van der Waals surface area contributed by atoms with E-state index in [9.17, 15) is 8.78 Å². The first-order valence-electron chi connectivity index (χ1n) is 9.01. The van der Waals surface area contributed by atoms with Crippen molar-refractivity contribution in [1.29, 1.82) is 0 Å². The molecule has 2 N–H and O–H groups in total. The fraction of sp³-hybridized carbons (Fsp3) is 0.421. The van der Waals surface area contributed by atoms with Gasteiger partial charge in [0.25, 0.3) is 0 Å². The molecule has 1 fully saturated rings. The molecule has 1 aromatic heterocycles. The zero-order valence-corrected chi connectivity index (χ0v) is 16.0. The SMILES string of the molecule is CCNC(=NCc1cccs1)NC1CCN(c2ccccc2OC(F)F)C1. The summed E-state index contributed by atoms with van der Waals surface area (Å²) in [6, 6.07) is 11.2. The van der Waals surface area contributed by atoms with Crippen molar-refractivity contribution in [2.75, 3.05) is 24.5 Å². The Bertz CT molecular complexity index is 739. The molecule has 0 saturated carbocycles. The van der Waals surface area contributed by atoms with E-state index in [0.717, 1.165) is 25.5 Å². The lowest BCUT2D eigenvalue weighted by Gasteiger charge is -2.22. The molecular weight excluding hydrogens is 370 g/mol. The van der Waals surface area contributed by atoms with Crippen LogP contribution in [0, 0.1) is 0 Å². The Balaban J connectivity index is 1.62. The summed E-state index contributed by atoms with van der Waals surface area (Å²) >= 11 is 1.68. The molecule has 8 heteroatoms. The van der Waals surface area contributed by atoms with Crippen LogP contribution in [0.25, 0.3) is 0 Å². The van der Waals surface area contributed by atoms with Gasteiger partial charge in [0.2, 0.25) is 0 Å². The van der Waals surface area contributed by atoms with Gasteiger partial charge in [0.05, 0.1) is 12.2 Å². The average Bonchev–Trinajstić information content (AvgIpc) is 3.32. The van der Waals surface area contributed by atoms with Crippen LogP contribution in [0.4, 0.5) is 14.5 Å². The zero-order valence-electron chi connectivity index (χ0n) is 15.2. The number of anilines is 1. The van der Waals surface area contributed by atoms with Gasteiger partial charge in [-0.2, -0.15) is 8.78 Å². The highest BCUT2D eigenvalue weighted by Crippen LogP contribution is 2.31. The van der Waals surface area contributed by atoms with E-state index < -0.39 is 6.61 Å². The largest absolute Gasteiger partial charge is 0.433 e. The summed E-state index contributed by atoms with van der Waals surface area (Å²) in [7, 11) is 0. The Labute approximate surface area is 162 Å². The number of para-hydroxylation sites is 2. The lowest BCUT2D eigenvalue weighted by Crippen LogP contribution is -2.44. The van der Waals surface area contributed by atoms with Gasteiger partial charge in [-0.15, -0.1) is 11.3 Å². The molecule has 1 atom stereocenters. The molecule has 1 aromatic carbocycles. The van der Waals surface area contributed by atoms with Crippen molar-refractivity contribution >= 4 is 23.0 Å². The monoisotopic (exact) mass is 394 g/mol. The third-order valence-electron chi connectivity index (χ3n) is 4.27. The van der Waals surface area contributed by atoms with Gasteiger partial charge < -0.3 is 20.3 Å². The van der Waals surface area contributed by atoms with Crippen LogP contribution in [-0.2, 0) is 6.54 Å². The number of rotatable bonds is 7. The molecule has 1 saturated heterocycles. The minimum Gasteiger partial charge on any atom is -0.433 e. The first-order chi connectivity index (χ1) is 13.2. The maximum atomic E-state index is 12.6. The number of hydrogen-bond acceptors (Lipinski definition) is 4. The molecule has 2 heterocycles. The molecule has 5 nitrogen and oxygen atoms in total. The van der Waals surface area contributed by atoms with Crippen molar-refractivity contribution < 1.29 is 13.5 Å². The maximum absolute atomic E-state index is 12.6. The van der Waals surface area contributed by atoms with Gasteiger partial charge in [-0.1, -0.05) is 18.2 Å². The number of guanidine groups is 1. The normalized spacial score (nSPS) is 17.4. The molecule has 1 aliphatic rings. The molecular formula is C19H24F2N4OS. The molecule has 27 heavy (non-hydrogen) atoms. The zero-order chi connectivity index (χ0) is 19.1. The molecule has 0 bridgehead atoms. The summed E-state index contributed by atoms with van der Waals surface area (Å²) in [5, 5.41) is 8.76. The molecule has 1 unspecified atom stereocenters. The third-order valence-corrected chi connectivity index (χ3v) is 5.13. The minimum atomic E-state index is -2.83. The first-order valence-corrected chi connectivity index (χ1v) is 9.89. The van der Waals surface area contributed by atoms with Gasteiger partial charge in [-0.25, -0.2) is 4.99 Å². The highest BCUT2D eigenvalue weighted by Gasteiger charge is 2.26. The number of hydrogen-bond donors (Lipinski definition) is 2. The van der Waals surface area contributed by atoms with E-state index in [4.69, 9.17) is 0 Å². The van der Waals surface area contributed by atoms with Crippen molar-refractivity contribution in [1.82, 2.24) is 10.6 Å². The van der Waals surface area contributed by atoms with Gasteiger partial charge in [0, 0.05) is 30.6 Å². The highest BCUT2D eigenvalue weighted by molar-refractivity contribution is 7.09. The topological polar surface area (TPSA) is 48.9 Å². The predicted octanol–water partition coefficient (Wildman–Crippen LogP) is 3.68. The van der Waals surface area contributed by atoms with E-state index in [2.05, 4.69) is 31.3 Å². The van der Waals surface area contributed by atoms with E-state index in [-0.39, 0.29) is 11.8 Å². The number of alkyl halides is 2. The van der Waals surface area contributed by atoms with E-state index in [1.807, 2.05) is 30.5 Å². The predicted molar refractivity (Wildman–Crippen MR) is 106 cm³/mol. The lowest BCUT2D eigenvalue weighted by molar-refractivity contribution is -0.0495. The number of nitrogens with one attached hydrogen (secondary N) is 2. The van der Waals surface area contributed by atoms with Crippen LogP contribution in [0.15, 0.2) is 46.8 Å². The van der Waals surface area contributed by atoms with Gasteiger partial charge in [0.1, 0.15) is 5.75 Å². The first kappa shape index (κ1) is 19.4. The molecule has 0 radical (unpaired) electrons. The molecule has 0 spiro atoms. The smallest absolute Gasteiger partial charge is 0.387 e. The number of ether oxygens (including phenoxy) is 1. The van der Waals surface area contributed by atoms with Crippen LogP contribution < -0.4 is 20.3 Å². The number of nitrogens with zero attached hydrogens (tertiary/aromatic N) is 2. The van der Waals surface area contributed by atoms with Crippen LogP contribution >= 0.6 is 11.3 Å². The summed E-state index contributed by atoms with van der Waals surface area (Å²) < 4.78 is 30.0. The van der Waals surface area contributed by atoms with Crippen LogP contribution in [0.5, 0.6) is 5.75 Å². The van der Waals surface area contributed by atoms with Crippen molar-refractivity contribution in [3.05, 3.63) is 46.7 Å². The van der Waals surface area contributed by atoms with Gasteiger partial charge in [-0.05, 0) is 36.9 Å². The fourth-order valence-corrected chi connectivity index (χ4v) is 3.71. The summed E-state index contributed by atoms with van der Waals surface area (Å²) in [6.07, 6.45) is 0.895. The summed E-state index contributed by atoms with van der Waals surface area (Å²) in [6.45, 7) is 2.08. The molecule has 3 rings (SSSR count). The van der Waals surface area contributed by atoms with E-state index in [1.54, 1.807) is 23.5 Å². The summed E-state index contributed by atoms with van der Waals surface area (Å²) in [5.41, 5.74) is 0.697. The number of halogens is 2. The highest BCUT2D eigenvalue weighted by atomic mass is 32.1. The maximum Gasteiger partial charge on any atom is 0.387 e. The number of thiophene rings is 1. The van der Waals surface area contributed by atoms with Gasteiger partial charge >= 0.3 is 6.61 Å². The fourth-order valence-electron chi connectivity index (χ4n) is 3.08. The van der Waals surface area contributed by atoms with Gasteiger partial charge in [0.15, 0.2) is 5.96 Å². The second kappa shape index (κ2) is 9.55. The molecule has 1 aliphatic heterocycles. The van der Waals surface area contributed by atoms with Crippen LogP contribution in [0.2, 0.25) is 0 Å². The Kier molecular flexibility index (Phi) is 6.86. The Morgan fingerprint density at radius 3 is 2.93 bits per heavy atom. The number of benzene rings is 1. The van der Waals surface area contributed by atoms with Crippen molar-refractivity contribution in [2.45, 2.75) is 32.5 Å². The Morgan fingerprint density at radius 2 is 2.19 bits per heavy atom. The van der Waals surface area contributed by atoms with E-state index >= 15 is 0 Å². The minimum absolute atomic E-state index is 0.186. The summed E-state index contributed by atoms with van der Waals surface area (Å²) in [4.78, 5) is 7.91. The van der Waals surface area contributed by atoms with Crippen LogP contribution in [0.1, 0.15) is 18.2 Å². The molecule has 2 aromatic rings. The second-order valence-corrected chi connectivity index (χ2v) is 7.23. The average molecular weight is 394 g/mol. The quantitative estimate of drug-likeness (QED) is 0.556. The Hall–Kier alpha value is -2.35. The lowest BCUT2D eigenvalue weighted by atomic mass is 10.2. The summed E-state index contributed by atoms with van der Waals surface area (Å²) in [5.74, 6) is 0.987. The van der Waals surface area contributed by atoms with Crippen molar-refractivity contribution in [3.63, 3.8) is 0 Å². The second-order valence-electron chi connectivity index (χ2n) is 6.20. The van der Waals surface area contributed by atoms with Gasteiger partial charge in [-0.3, -0.25) is 0 Å². The van der Waals surface area contributed by atoms with Crippen molar-refractivity contribution in [2.24, 2.45) is 4.99 Å². The third kappa shape index (κ3) is 5.56. The molecule has 0 aliphatic carbocycles. The molecule has 0 amide bonds. The van der Waals surface area contributed by atoms with Crippen molar-refractivity contribution in [3.8, 4) is 5.75 Å². The standard InChI is InChI=1S/C19H24F2N4OS/c1-2-22-19(23-12-15-6-5-11-27-15)24-14-9-10-25(13-14)16-7-3-4-8-17(16)26-18(20)21/h3-8,11,14,18H,2,9-10,12-13H2,1H3,(H2,22,23,24). The van der Waals surface area contributed by atoms with E-state index in [0.29, 0.717) is 18.8 Å². The van der Waals surface area contributed by atoms with Crippen LogP contribution in [0.3, 0.4) is 0 Å². The molecule has 146 valence electrons. The van der Waals surface area contributed by atoms with E-state index in [1.165, 1.54) is 4.88 Å². The Morgan fingerprint density at radius 1 is 1.33 bits per heavy atom. The number of aliphatic imine (C=N–C) groups is 1. The van der Waals surface area contributed by atoms with Crippen LogP contribution in [-0.4, -0.2) is 38.2 Å².